The van der Waals surface area contributed by atoms with E-state index in [1.807, 2.05) is 18.2 Å². The average Bonchev–Trinajstić information content (AvgIpc) is 3.05. The Labute approximate surface area is 163 Å². The van der Waals surface area contributed by atoms with Crippen molar-refractivity contribution in [2.24, 2.45) is 0 Å². The summed E-state index contributed by atoms with van der Waals surface area (Å²) in [6, 6.07) is 14.4. The first-order chi connectivity index (χ1) is 13.8. The van der Waals surface area contributed by atoms with Gasteiger partial charge in [0.2, 0.25) is 0 Å². The van der Waals surface area contributed by atoms with Crippen molar-refractivity contribution < 1.29 is 36.8 Å². The molecule has 8 nitrogen and oxygen atoms in total. The molecule has 146 valence electrons. The van der Waals surface area contributed by atoms with Crippen molar-refractivity contribution in [2.75, 3.05) is 0 Å². The second-order valence-electron chi connectivity index (χ2n) is 6.11. The van der Waals surface area contributed by atoms with E-state index >= 15 is 0 Å². The third-order valence-corrected chi connectivity index (χ3v) is 5.54. The summed E-state index contributed by atoms with van der Waals surface area (Å²) < 4.78 is 36.0. The van der Waals surface area contributed by atoms with Gasteiger partial charge in [0, 0.05) is 10.8 Å². The molecule has 0 fully saturated rings. The van der Waals surface area contributed by atoms with Gasteiger partial charge in [-0.25, -0.2) is 9.59 Å². The fourth-order valence-corrected chi connectivity index (χ4v) is 3.92. The molecule has 0 radical (unpaired) electrons. The fraction of sp³-hybridized carbons (Fsp3) is 0. The van der Waals surface area contributed by atoms with Crippen molar-refractivity contribution in [1.29, 1.82) is 0 Å². The fourth-order valence-electron chi connectivity index (χ4n) is 2.97. The molecule has 0 saturated carbocycles. The molecule has 0 spiro atoms. The van der Waals surface area contributed by atoms with Gasteiger partial charge >= 0.3 is 22.1 Å². The van der Waals surface area contributed by atoms with E-state index in [2.05, 4.69) is 0 Å². The molecule has 0 bridgehead atoms. The van der Waals surface area contributed by atoms with Crippen LogP contribution in [0.5, 0.6) is 5.75 Å². The maximum Gasteiger partial charge on any atom is 0.339 e. The Kier molecular flexibility index (Phi) is 4.24. The number of carboxylic acids is 2. The van der Waals surface area contributed by atoms with Gasteiger partial charge in [-0.1, -0.05) is 18.2 Å². The molecule has 3 aromatic carbocycles. The summed E-state index contributed by atoms with van der Waals surface area (Å²) in [5, 5.41) is 19.7. The lowest BCUT2D eigenvalue weighted by Gasteiger charge is -2.09. The Morgan fingerprint density at radius 2 is 1.48 bits per heavy atom. The van der Waals surface area contributed by atoms with Crippen LogP contribution >= 0.6 is 0 Å². The van der Waals surface area contributed by atoms with E-state index in [0.717, 1.165) is 23.6 Å². The van der Waals surface area contributed by atoms with Gasteiger partial charge in [0.15, 0.2) is 0 Å². The van der Waals surface area contributed by atoms with Crippen LogP contribution in [0.1, 0.15) is 20.7 Å². The molecule has 2 N–H and O–H groups in total. The summed E-state index contributed by atoms with van der Waals surface area (Å²) in [6.45, 7) is 0. The van der Waals surface area contributed by atoms with E-state index in [9.17, 15) is 23.1 Å². The summed E-state index contributed by atoms with van der Waals surface area (Å²) in [5.74, 6) is -3.04. The summed E-state index contributed by atoms with van der Waals surface area (Å²) >= 11 is 0. The summed E-state index contributed by atoms with van der Waals surface area (Å²) in [4.78, 5) is 22.0. The van der Waals surface area contributed by atoms with Crippen LogP contribution < -0.4 is 4.18 Å². The maximum absolute atomic E-state index is 12.6. The van der Waals surface area contributed by atoms with Gasteiger partial charge in [0.1, 0.15) is 21.8 Å². The SMILES string of the molecule is O=C(O)c1ccc(S(=O)(=O)Oc2ccc3oc4ccccc4c3c2)cc1C(=O)O. The van der Waals surface area contributed by atoms with Crippen molar-refractivity contribution >= 4 is 44.0 Å². The zero-order chi connectivity index (χ0) is 20.8. The minimum atomic E-state index is -4.40. The van der Waals surface area contributed by atoms with Gasteiger partial charge in [-0.15, -0.1) is 0 Å². The lowest BCUT2D eigenvalue weighted by atomic mass is 10.1. The van der Waals surface area contributed by atoms with Crippen LogP contribution in [-0.2, 0) is 10.1 Å². The third kappa shape index (κ3) is 3.27. The first-order valence-corrected chi connectivity index (χ1v) is 9.63. The number of fused-ring (bicyclic) bond motifs is 3. The third-order valence-electron chi connectivity index (χ3n) is 4.29. The largest absolute Gasteiger partial charge is 0.478 e. The molecule has 0 aliphatic carbocycles. The first-order valence-electron chi connectivity index (χ1n) is 8.23. The lowest BCUT2D eigenvalue weighted by molar-refractivity contribution is 0.0651. The standard InChI is InChI=1S/C20H12O8S/c21-19(22)14-7-6-12(10-16(14)20(23)24)29(25,26)28-11-5-8-18-15(9-11)13-3-1-2-4-17(13)27-18/h1-10H,(H,21,22)(H,23,24). The van der Waals surface area contributed by atoms with E-state index in [1.165, 1.54) is 12.1 Å². The van der Waals surface area contributed by atoms with Gasteiger partial charge in [-0.2, -0.15) is 8.42 Å². The molecule has 0 aliphatic rings. The molecular formula is C20H12O8S. The number of hydrogen-bond acceptors (Lipinski definition) is 6. The second kappa shape index (κ2) is 6.64. The number of aromatic carboxylic acids is 2. The molecule has 9 heteroatoms. The number of hydrogen-bond donors (Lipinski definition) is 2. The molecule has 1 heterocycles. The van der Waals surface area contributed by atoms with Gasteiger partial charge in [0.05, 0.1) is 11.1 Å². The summed E-state index contributed by atoms with van der Waals surface area (Å²) in [7, 11) is -4.40. The second-order valence-corrected chi connectivity index (χ2v) is 7.66. The minimum absolute atomic E-state index is 0.00300. The molecule has 0 amide bonds. The van der Waals surface area contributed by atoms with Crippen LogP contribution in [0.15, 0.2) is 70.0 Å². The van der Waals surface area contributed by atoms with E-state index in [-0.39, 0.29) is 5.75 Å². The molecule has 4 rings (SSSR count). The van der Waals surface area contributed by atoms with E-state index in [4.69, 9.17) is 13.7 Å². The van der Waals surface area contributed by atoms with Gasteiger partial charge in [-0.3, -0.25) is 0 Å². The number of para-hydroxylation sites is 1. The molecule has 0 aliphatic heterocycles. The Bertz CT molecular complexity index is 1400. The van der Waals surface area contributed by atoms with Gasteiger partial charge in [0.25, 0.3) is 0 Å². The summed E-state index contributed by atoms with van der Waals surface area (Å²) in [6.07, 6.45) is 0. The highest BCUT2D eigenvalue weighted by Crippen LogP contribution is 2.32. The molecule has 0 unspecified atom stereocenters. The monoisotopic (exact) mass is 412 g/mol. The highest BCUT2D eigenvalue weighted by molar-refractivity contribution is 7.87. The Balaban J connectivity index is 1.75. The number of carboxylic acid groups (broad SMARTS) is 2. The Morgan fingerprint density at radius 1 is 0.793 bits per heavy atom. The van der Waals surface area contributed by atoms with Crippen LogP contribution in [-0.4, -0.2) is 30.6 Å². The molecule has 1 aromatic heterocycles. The molecule has 29 heavy (non-hydrogen) atoms. The van der Waals surface area contributed by atoms with Gasteiger partial charge in [-0.05, 0) is 42.5 Å². The zero-order valence-corrected chi connectivity index (χ0v) is 15.3. The minimum Gasteiger partial charge on any atom is -0.478 e. The highest BCUT2D eigenvalue weighted by atomic mass is 32.2. The van der Waals surface area contributed by atoms with Crippen molar-refractivity contribution in [3.8, 4) is 5.75 Å². The van der Waals surface area contributed by atoms with E-state index < -0.39 is 38.1 Å². The van der Waals surface area contributed by atoms with Crippen molar-refractivity contribution in [3.63, 3.8) is 0 Å². The Hall–Kier alpha value is -3.85. The average molecular weight is 412 g/mol. The number of rotatable bonds is 5. The number of carbonyl (C=O) groups is 2. The van der Waals surface area contributed by atoms with Crippen LogP contribution in [0.2, 0.25) is 0 Å². The smallest absolute Gasteiger partial charge is 0.339 e. The number of benzene rings is 3. The number of furan rings is 1. The van der Waals surface area contributed by atoms with Crippen molar-refractivity contribution in [3.05, 3.63) is 71.8 Å². The Morgan fingerprint density at radius 3 is 2.21 bits per heavy atom. The van der Waals surface area contributed by atoms with E-state index in [0.29, 0.717) is 16.6 Å². The van der Waals surface area contributed by atoms with Crippen molar-refractivity contribution in [2.45, 2.75) is 4.90 Å². The summed E-state index contributed by atoms with van der Waals surface area (Å²) in [5.41, 5.74) is 0.00832. The highest BCUT2D eigenvalue weighted by Gasteiger charge is 2.23. The predicted octanol–water partition coefficient (Wildman–Crippen LogP) is 3.75. The first kappa shape index (κ1) is 18.5. The molecular weight excluding hydrogens is 400 g/mol. The van der Waals surface area contributed by atoms with Gasteiger partial charge < -0.3 is 18.8 Å². The van der Waals surface area contributed by atoms with Crippen LogP contribution in [0, 0.1) is 0 Å². The molecule has 0 saturated heterocycles. The lowest BCUT2D eigenvalue weighted by Crippen LogP contribution is -2.13. The zero-order valence-electron chi connectivity index (χ0n) is 14.5. The van der Waals surface area contributed by atoms with Crippen LogP contribution in [0.3, 0.4) is 0 Å². The molecule has 4 aromatic rings. The topological polar surface area (TPSA) is 131 Å². The molecule has 0 atom stereocenters. The van der Waals surface area contributed by atoms with E-state index in [1.54, 1.807) is 12.1 Å². The van der Waals surface area contributed by atoms with Crippen LogP contribution in [0.25, 0.3) is 21.9 Å². The van der Waals surface area contributed by atoms with Crippen LogP contribution in [0.4, 0.5) is 0 Å². The normalized spacial score (nSPS) is 11.6. The van der Waals surface area contributed by atoms with Crippen molar-refractivity contribution in [1.82, 2.24) is 0 Å². The quantitative estimate of drug-likeness (QED) is 0.474. The predicted molar refractivity (Wildman–Crippen MR) is 102 cm³/mol. The maximum atomic E-state index is 12.6.